The van der Waals surface area contributed by atoms with Gasteiger partial charge in [-0.05, 0) is 35.4 Å². The van der Waals surface area contributed by atoms with Crippen molar-refractivity contribution in [2.24, 2.45) is 0 Å². The molecule has 0 aliphatic rings. The van der Waals surface area contributed by atoms with E-state index in [4.69, 9.17) is 14.6 Å². The molecule has 0 amide bonds. The number of nitrogens with one attached hydrogen (secondary N) is 1. The Hall–Kier alpha value is -2.54. The van der Waals surface area contributed by atoms with Crippen molar-refractivity contribution in [3.63, 3.8) is 0 Å². The Morgan fingerprint density at radius 2 is 1.70 bits per heavy atom. The number of ether oxygens (including phenoxy) is 2. The van der Waals surface area contributed by atoms with Gasteiger partial charge in [-0.15, -0.1) is 12.4 Å². The van der Waals surface area contributed by atoms with Gasteiger partial charge in [-0.3, -0.25) is 0 Å². The fourth-order valence-electron chi connectivity index (χ4n) is 2.91. The molecule has 5 nitrogen and oxygen atoms in total. The van der Waals surface area contributed by atoms with Crippen molar-refractivity contribution in [3.8, 4) is 11.5 Å². The van der Waals surface area contributed by atoms with Gasteiger partial charge in [-0.25, -0.2) is 4.79 Å². The molecule has 0 aromatic heterocycles. The van der Waals surface area contributed by atoms with E-state index in [0.29, 0.717) is 31.2 Å². The number of carboxylic acids is 1. The van der Waals surface area contributed by atoms with Crippen LogP contribution in [0.15, 0.2) is 71.2 Å². The summed E-state index contributed by atoms with van der Waals surface area (Å²) in [4.78, 5) is 11.0. The summed E-state index contributed by atoms with van der Waals surface area (Å²) in [6.07, 6.45) is 0. The average Bonchev–Trinajstić information content (AvgIpc) is 2.73. The molecule has 30 heavy (non-hydrogen) atoms. The SMILES string of the molecule is COc1cc(Br)cc(CNCc2ccc(C(=O)O)cc2)c1OCc1ccccc1.Cl. The van der Waals surface area contributed by atoms with E-state index in [0.717, 1.165) is 21.2 Å². The Balaban J connectivity index is 0.00000320. The second kappa shape index (κ2) is 11.6. The average molecular weight is 493 g/mol. The van der Waals surface area contributed by atoms with E-state index in [1.807, 2.05) is 54.6 Å². The first-order chi connectivity index (χ1) is 14.1. The molecule has 2 N–H and O–H groups in total. The smallest absolute Gasteiger partial charge is 0.335 e. The monoisotopic (exact) mass is 491 g/mol. The van der Waals surface area contributed by atoms with E-state index in [-0.39, 0.29) is 18.0 Å². The summed E-state index contributed by atoms with van der Waals surface area (Å²) in [5.74, 6) is 0.442. The molecular formula is C23H23BrClNO4. The van der Waals surface area contributed by atoms with Gasteiger partial charge in [0.1, 0.15) is 6.61 Å². The Kier molecular flexibility index (Phi) is 9.17. The van der Waals surface area contributed by atoms with Gasteiger partial charge >= 0.3 is 5.97 Å². The van der Waals surface area contributed by atoms with E-state index < -0.39 is 5.97 Å². The maximum atomic E-state index is 11.0. The number of rotatable bonds is 9. The summed E-state index contributed by atoms with van der Waals surface area (Å²) in [7, 11) is 1.62. The van der Waals surface area contributed by atoms with Crippen molar-refractivity contribution >= 4 is 34.3 Å². The topological polar surface area (TPSA) is 67.8 Å². The van der Waals surface area contributed by atoms with Gasteiger partial charge in [0.05, 0.1) is 12.7 Å². The molecule has 0 bridgehead atoms. The van der Waals surface area contributed by atoms with Crippen LogP contribution in [0.1, 0.15) is 27.0 Å². The van der Waals surface area contributed by atoms with Crippen LogP contribution in [0.25, 0.3) is 0 Å². The zero-order chi connectivity index (χ0) is 20.6. The summed E-state index contributed by atoms with van der Waals surface area (Å²) in [6, 6.07) is 20.7. The third-order valence-corrected chi connectivity index (χ3v) is 4.85. The Bertz CT molecular complexity index is 965. The van der Waals surface area contributed by atoms with Gasteiger partial charge in [-0.1, -0.05) is 58.4 Å². The minimum Gasteiger partial charge on any atom is -0.493 e. The highest BCUT2D eigenvalue weighted by Gasteiger charge is 2.13. The number of hydrogen-bond acceptors (Lipinski definition) is 4. The van der Waals surface area contributed by atoms with Crippen LogP contribution in [0.4, 0.5) is 0 Å². The number of halogens is 2. The number of benzene rings is 3. The van der Waals surface area contributed by atoms with Crippen LogP contribution in [0.2, 0.25) is 0 Å². The van der Waals surface area contributed by atoms with Crippen LogP contribution in [0, 0.1) is 0 Å². The molecule has 0 fully saturated rings. The Morgan fingerprint density at radius 3 is 2.33 bits per heavy atom. The predicted octanol–water partition coefficient (Wildman–Crippen LogP) is 5.45. The third-order valence-electron chi connectivity index (χ3n) is 4.39. The van der Waals surface area contributed by atoms with Crippen LogP contribution < -0.4 is 14.8 Å². The number of carbonyl (C=O) groups is 1. The van der Waals surface area contributed by atoms with Gasteiger partial charge in [0.25, 0.3) is 0 Å². The van der Waals surface area contributed by atoms with Crippen molar-refractivity contribution in [3.05, 3.63) is 93.5 Å². The summed E-state index contributed by atoms with van der Waals surface area (Å²) in [5, 5.41) is 12.4. The molecule has 3 aromatic rings. The number of hydrogen-bond donors (Lipinski definition) is 2. The fourth-order valence-corrected chi connectivity index (χ4v) is 3.39. The molecule has 158 valence electrons. The van der Waals surface area contributed by atoms with Gasteiger partial charge < -0.3 is 19.9 Å². The summed E-state index contributed by atoms with van der Waals surface area (Å²) in [5.41, 5.74) is 3.33. The maximum Gasteiger partial charge on any atom is 0.335 e. The molecule has 0 aliphatic carbocycles. The lowest BCUT2D eigenvalue weighted by molar-refractivity contribution is 0.0697. The van der Waals surface area contributed by atoms with Crippen molar-refractivity contribution < 1.29 is 19.4 Å². The molecule has 0 atom stereocenters. The molecule has 7 heteroatoms. The fraction of sp³-hybridized carbons (Fsp3) is 0.174. The zero-order valence-corrected chi connectivity index (χ0v) is 18.8. The second-order valence-corrected chi connectivity index (χ2v) is 7.39. The largest absolute Gasteiger partial charge is 0.493 e. The first-order valence-corrected chi connectivity index (χ1v) is 9.92. The van der Waals surface area contributed by atoms with Crippen LogP contribution >= 0.6 is 28.3 Å². The standard InChI is InChI=1S/C23H22BrNO4.ClH/c1-28-21-12-20(24)11-19(22(21)29-15-17-5-3-2-4-6-17)14-25-13-16-7-9-18(10-8-16)23(26)27;/h2-12,25H,13-15H2,1H3,(H,26,27);1H. The highest BCUT2D eigenvalue weighted by Crippen LogP contribution is 2.35. The first-order valence-electron chi connectivity index (χ1n) is 9.13. The van der Waals surface area contributed by atoms with Gasteiger partial charge in [0.15, 0.2) is 11.5 Å². The maximum absolute atomic E-state index is 11.0. The molecule has 0 heterocycles. The van der Waals surface area contributed by atoms with E-state index in [9.17, 15) is 4.79 Å². The molecule has 3 aromatic carbocycles. The summed E-state index contributed by atoms with van der Waals surface area (Å²) < 4.78 is 12.5. The first kappa shape index (κ1) is 23.7. The summed E-state index contributed by atoms with van der Waals surface area (Å²) >= 11 is 3.52. The van der Waals surface area contributed by atoms with E-state index in [1.54, 1.807) is 19.2 Å². The molecule has 0 saturated carbocycles. The van der Waals surface area contributed by atoms with Gasteiger partial charge in [-0.2, -0.15) is 0 Å². The minimum absolute atomic E-state index is 0. The second-order valence-electron chi connectivity index (χ2n) is 6.48. The summed E-state index contributed by atoms with van der Waals surface area (Å²) in [6.45, 7) is 1.62. The molecule has 0 spiro atoms. The van der Waals surface area contributed by atoms with E-state index >= 15 is 0 Å². The number of carboxylic acid groups (broad SMARTS) is 1. The third kappa shape index (κ3) is 6.49. The molecule has 0 unspecified atom stereocenters. The number of methoxy groups -OCH3 is 1. The van der Waals surface area contributed by atoms with E-state index in [1.165, 1.54) is 0 Å². The highest BCUT2D eigenvalue weighted by molar-refractivity contribution is 9.10. The Labute approximate surface area is 190 Å². The molecular weight excluding hydrogens is 470 g/mol. The van der Waals surface area contributed by atoms with Gasteiger partial charge in [0.2, 0.25) is 0 Å². The van der Waals surface area contributed by atoms with Crippen LogP contribution in [0.5, 0.6) is 11.5 Å². The predicted molar refractivity (Wildman–Crippen MR) is 123 cm³/mol. The zero-order valence-electron chi connectivity index (χ0n) is 16.4. The van der Waals surface area contributed by atoms with Crippen LogP contribution in [0.3, 0.4) is 0 Å². The molecule has 0 aliphatic heterocycles. The molecule has 3 rings (SSSR count). The quantitative estimate of drug-likeness (QED) is 0.416. The number of aromatic carboxylic acids is 1. The lowest BCUT2D eigenvalue weighted by Crippen LogP contribution is -2.14. The normalized spacial score (nSPS) is 10.2. The van der Waals surface area contributed by atoms with E-state index in [2.05, 4.69) is 21.2 Å². The molecule has 0 saturated heterocycles. The van der Waals surface area contributed by atoms with Gasteiger partial charge in [0, 0.05) is 23.1 Å². The van der Waals surface area contributed by atoms with Crippen LogP contribution in [-0.4, -0.2) is 18.2 Å². The molecule has 0 radical (unpaired) electrons. The Morgan fingerprint density at radius 1 is 1.00 bits per heavy atom. The van der Waals surface area contributed by atoms with Crippen LogP contribution in [-0.2, 0) is 19.7 Å². The van der Waals surface area contributed by atoms with Crippen molar-refractivity contribution in [2.75, 3.05) is 7.11 Å². The minimum atomic E-state index is -0.925. The highest BCUT2D eigenvalue weighted by atomic mass is 79.9. The lowest BCUT2D eigenvalue weighted by atomic mass is 10.1. The van der Waals surface area contributed by atoms with Crippen molar-refractivity contribution in [1.82, 2.24) is 5.32 Å². The van der Waals surface area contributed by atoms with Crippen molar-refractivity contribution in [1.29, 1.82) is 0 Å². The van der Waals surface area contributed by atoms with Crippen molar-refractivity contribution in [2.45, 2.75) is 19.7 Å². The lowest BCUT2D eigenvalue weighted by Gasteiger charge is -2.16.